The van der Waals surface area contributed by atoms with Gasteiger partial charge in [0.2, 0.25) is 5.91 Å². The Morgan fingerprint density at radius 2 is 2.00 bits per heavy atom. The number of carbonyl (C=O) groups is 2. The molecule has 2 amide bonds. The average molecular weight is 342 g/mol. The Hall–Kier alpha value is -2.96. The highest BCUT2D eigenvalue weighted by Crippen LogP contribution is 2.24. The molecule has 1 saturated heterocycles. The fraction of sp³-hybridized carbons (Fsp3) is 0.278. The molecule has 3 rings (SSSR count). The summed E-state index contributed by atoms with van der Waals surface area (Å²) in [7, 11) is 0. The van der Waals surface area contributed by atoms with Gasteiger partial charge in [0.1, 0.15) is 5.82 Å². The van der Waals surface area contributed by atoms with E-state index in [1.165, 1.54) is 12.3 Å². The molecule has 7 heteroatoms. The maximum atomic E-state index is 14.2. The second-order valence-electron chi connectivity index (χ2n) is 5.83. The molecule has 130 valence electrons. The molecule has 0 spiro atoms. The van der Waals surface area contributed by atoms with Crippen LogP contribution in [0, 0.1) is 5.82 Å². The fourth-order valence-electron chi connectivity index (χ4n) is 2.77. The molecule has 2 aromatic rings. The zero-order valence-electron chi connectivity index (χ0n) is 13.7. The SMILES string of the molecule is O=C(CNC(=O)c1ccc(N2CCCC2)c(F)c1)Nc1cccnc1. The van der Waals surface area contributed by atoms with Crippen molar-refractivity contribution in [2.45, 2.75) is 12.8 Å². The molecule has 0 radical (unpaired) electrons. The standard InChI is InChI=1S/C18H19FN4O2/c19-15-10-13(5-6-16(15)23-8-1-2-9-23)18(25)21-12-17(24)22-14-4-3-7-20-11-14/h3-7,10-11H,1-2,8-9,12H2,(H,21,25)(H,22,24). The molecule has 0 bridgehead atoms. The maximum Gasteiger partial charge on any atom is 0.251 e. The van der Waals surface area contributed by atoms with Gasteiger partial charge in [-0.05, 0) is 43.2 Å². The molecule has 1 fully saturated rings. The van der Waals surface area contributed by atoms with Crippen LogP contribution in [0.5, 0.6) is 0 Å². The first-order chi connectivity index (χ1) is 12.1. The van der Waals surface area contributed by atoms with Crippen LogP contribution in [-0.2, 0) is 4.79 Å². The van der Waals surface area contributed by atoms with Crippen molar-refractivity contribution in [1.82, 2.24) is 10.3 Å². The minimum Gasteiger partial charge on any atom is -0.369 e. The minimum absolute atomic E-state index is 0.189. The Kier molecular flexibility index (Phi) is 5.23. The van der Waals surface area contributed by atoms with Gasteiger partial charge >= 0.3 is 0 Å². The predicted octanol–water partition coefficient (Wildman–Crippen LogP) is 2.19. The summed E-state index contributed by atoms with van der Waals surface area (Å²) in [4.78, 5) is 29.8. The minimum atomic E-state index is -0.492. The molecule has 1 aliphatic rings. The number of benzene rings is 1. The van der Waals surface area contributed by atoms with Gasteiger partial charge in [-0.15, -0.1) is 0 Å². The van der Waals surface area contributed by atoms with Gasteiger partial charge in [-0.3, -0.25) is 14.6 Å². The van der Waals surface area contributed by atoms with Crippen LogP contribution in [0.1, 0.15) is 23.2 Å². The highest BCUT2D eigenvalue weighted by atomic mass is 19.1. The van der Waals surface area contributed by atoms with E-state index in [4.69, 9.17) is 0 Å². The number of halogens is 1. The number of hydrogen-bond acceptors (Lipinski definition) is 4. The second-order valence-corrected chi connectivity index (χ2v) is 5.83. The largest absolute Gasteiger partial charge is 0.369 e. The Balaban J connectivity index is 1.56. The number of rotatable bonds is 5. The van der Waals surface area contributed by atoms with E-state index in [0.29, 0.717) is 11.4 Å². The van der Waals surface area contributed by atoms with E-state index in [9.17, 15) is 14.0 Å². The number of pyridine rings is 1. The van der Waals surface area contributed by atoms with Crippen LogP contribution in [0.4, 0.5) is 15.8 Å². The van der Waals surface area contributed by atoms with Crippen LogP contribution in [0.15, 0.2) is 42.7 Å². The summed E-state index contributed by atoms with van der Waals surface area (Å²) in [5, 5.41) is 5.09. The van der Waals surface area contributed by atoms with Gasteiger partial charge in [-0.2, -0.15) is 0 Å². The van der Waals surface area contributed by atoms with Gasteiger partial charge in [0.25, 0.3) is 5.91 Å². The molecule has 0 atom stereocenters. The zero-order valence-corrected chi connectivity index (χ0v) is 13.7. The molecule has 1 aliphatic heterocycles. The third kappa shape index (κ3) is 4.32. The van der Waals surface area contributed by atoms with Gasteiger partial charge in [-0.1, -0.05) is 0 Å². The van der Waals surface area contributed by atoms with Gasteiger partial charge < -0.3 is 15.5 Å². The van der Waals surface area contributed by atoms with Crippen molar-refractivity contribution >= 4 is 23.2 Å². The van der Waals surface area contributed by atoms with Crippen LogP contribution in [0.25, 0.3) is 0 Å². The Bertz CT molecular complexity index is 761. The number of nitrogens with one attached hydrogen (secondary N) is 2. The summed E-state index contributed by atoms with van der Waals surface area (Å²) in [5.41, 5.74) is 1.25. The summed E-state index contributed by atoms with van der Waals surface area (Å²) in [6.07, 6.45) is 5.20. The molecule has 0 saturated carbocycles. The van der Waals surface area contributed by atoms with Crippen molar-refractivity contribution in [3.8, 4) is 0 Å². The van der Waals surface area contributed by atoms with E-state index in [-0.39, 0.29) is 18.0 Å². The van der Waals surface area contributed by atoms with Crippen molar-refractivity contribution in [3.05, 3.63) is 54.1 Å². The van der Waals surface area contributed by atoms with Gasteiger partial charge in [0.15, 0.2) is 0 Å². The Morgan fingerprint density at radius 3 is 2.68 bits per heavy atom. The Labute approximate surface area is 145 Å². The lowest BCUT2D eigenvalue weighted by atomic mass is 10.1. The first-order valence-electron chi connectivity index (χ1n) is 8.16. The molecule has 1 aromatic carbocycles. The lowest BCUT2D eigenvalue weighted by molar-refractivity contribution is -0.115. The molecule has 2 N–H and O–H groups in total. The smallest absolute Gasteiger partial charge is 0.251 e. The molecule has 0 aliphatic carbocycles. The number of anilines is 2. The van der Waals surface area contributed by atoms with E-state index in [1.54, 1.807) is 30.5 Å². The first-order valence-corrected chi connectivity index (χ1v) is 8.16. The second kappa shape index (κ2) is 7.74. The number of aromatic nitrogens is 1. The van der Waals surface area contributed by atoms with Crippen molar-refractivity contribution < 1.29 is 14.0 Å². The monoisotopic (exact) mass is 342 g/mol. The van der Waals surface area contributed by atoms with Gasteiger partial charge in [0, 0.05) is 24.8 Å². The number of nitrogens with zero attached hydrogens (tertiary/aromatic N) is 2. The third-order valence-electron chi connectivity index (χ3n) is 4.01. The van der Waals surface area contributed by atoms with Crippen LogP contribution < -0.4 is 15.5 Å². The molecule has 2 heterocycles. The van der Waals surface area contributed by atoms with Gasteiger partial charge in [-0.25, -0.2) is 4.39 Å². The Morgan fingerprint density at radius 1 is 1.20 bits per heavy atom. The molecule has 25 heavy (non-hydrogen) atoms. The van der Waals surface area contributed by atoms with E-state index >= 15 is 0 Å². The van der Waals surface area contributed by atoms with Crippen molar-refractivity contribution in [2.24, 2.45) is 0 Å². The van der Waals surface area contributed by atoms with E-state index in [2.05, 4.69) is 15.6 Å². The normalized spacial score (nSPS) is 13.6. The number of hydrogen-bond donors (Lipinski definition) is 2. The fourth-order valence-corrected chi connectivity index (χ4v) is 2.77. The summed E-state index contributed by atoms with van der Waals surface area (Å²) in [6, 6.07) is 7.79. The number of amides is 2. The summed E-state index contributed by atoms with van der Waals surface area (Å²) < 4.78 is 14.2. The van der Waals surface area contributed by atoms with E-state index in [1.807, 2.05) is 4.90 Å². The molecule has 0 unspecified atom stereocenters. The van der Waals surface area contributed by atoms with Crippen molar-refractivity contribution in [3.63, 3.8) is 0 Å². The van der Waals surface area contributed by atoms with Crippen LogP contribution in [-0.4, -0.2) is 36.4 Å². The summed E-state index contributed by atoms with van der Waals surface area (Å²) in [6.45, 7) is 1.46. The van der Waals surface area contributed by atoms with Crippen LogP contribution >= 0.6 is 0 Å². The van der Waals surface area contributed by atoms with Crippen molar-refractivity contribution in [2.75, 3.05) is 29.9 Å². The lowest BCUT2D eigenvalue weighted by Gasteiger charge is -2.18. The van der Waals surface area contributed by atoms with E-state index in [0.717, 1.165) is 25.9 Å². The third-order valence-corrected chi connectivity index (χ3v) is 4.01. The molecular formula is C18H19FN4O2. The predicted molar refractivity (Wildman–Crippen MR) is 93.0 cm³/mol. The van der Waals surface area contributed by atoms with Crippen LogP contribution in [0.3, 0.4) is 0 Å². The quantitative estimate of drug-likeness (QED) is 0.873. The number of carbonyl (C=O) groups excluding carboxylic acids is 2. The van der Waals surface area contributed by atoms with Crippen LogP contribution in [0.2, 0.25) is 0 Å². The zero-order chi connectivity index (χ0) is 17.6. The van der Waals surface area contributed by atoms with E-state index < -0.39 is 11.7 Å². The highest BCUT2D eigenvalue weighted by molar-refractivity contribution is 5.99. The molecule has 1 aromatic heterocycles. The molecule has 6 nitrogen and oxygen atoms in total. The summed E-state index contributed by atoms with van der Waals surface area (Å²) in [5.74, 6) is -1.29. The van der Waals surface area contributed by atoms with Crippen molar-refractivity contribution in [1.29, 1.82) is 0 Å². The highest BCUT2D eigenvalue weighted by Gasteiger charge is 2.17. The maximum absolute atomic E-state index is 14.2. The summed E-state index contributed by atoms with van der Waals surface area (Å²) >= 11 is 0. The van der Waals surface area contributed by atoms with Gasteiger partial charge in [0.05, 0.1) is 24.1 Å². The topological polar surface area (TPSA) is 74.3 Å². The average Bonchev–Trinajstić information content (AvgIpc) is 3.15. The molecular weight excluding hydrogens is 323 g/mol. The first kappa shape index (κ1) is 16.9. The lowest BCUT2D eigenvalue weighted by Crippen LogP contribution is -2.33.